The van der Waals surface area contributed by atoms with Crippen LogP contribution < -0.4 is 5.32 Å². The van der Waals surface area contributed by atoms with Crippen LogP contribution in [0.3, 0.4) is 0 Å². The zero-order valence-electron chi connectivity index (χ0n) is 14.4. The molecule has 1 amide bonds. The zero-order valence-corrected chi connectivity index (χ0v) is 15.2. The fourth-order valence-electron chi connectivity index (χ4n) is 3.02. The molecule has 0 radical (unpaired) electrons. The number of Topliss-reactive ketones (excluding diaryl/α,β-unsaturated/α-hetero) is 1. The van der Waals surface area contributed by atoms with Gasteiger partial charge in [-0.2, -0.15) is 13.2 Å². The minimum atomic E-state index is -4.88. The highest BCUT2D eigenvalue weighted by Crippen LogP contribution is 2.25. The number of ketones is 1. The van der Waals surface area contributed by atoms with E-state index in [1.807, 2.05) is 0 Å². The average Bonchev–Trinajstić information content (AvgIpc) is 2.88. The predicted molar refractivity (Wildman–Crippen MR) is 91.5 cm³/mol. The number of aryl methyl sites for hydroxylation is 1. The summed E-state index contributed by atoms with van der Waals surface area (Å²) in [4.78, 5) is 23.3. The smallest absolute Gasteiger partial charge is 0.353 e. The van der Waals surface area contributed by atoms with Gasteiger partial charge in [0.2, 0.25) is 5.91 Å². The van der Waals surface area contributed by atoms with Crippen molar-refractivity contribution < 1.29 is 22.8 Å². The third-order valence-electron chi connectivity index (χ3n) is 4.43. The molecular weight excluding hydrogens is 353 g/mol. The minimum Gasteiger partial charge on any atom is -0.353 e. The molecule has 0 bridgehead atoms. The van der Waals surface area contributed by atoms with Gasteiger partial charge in [0.05, 0.1) is 11.4 Å². The lowest BCUT2D eigenvalue weighted by atomic mass is 9.87. The molecule has 0 spiro atoms. The van der Waals surface area contributed by atoms with Gasteiger partial charge in [-0.3, -0.25) is 9.59 Å². The van der Waals surface area contributed by atoms with Crippen LogP contribution in [0, 0.1) is 5.92 Å². The third kappa shape index (κ3) is 5.80. The van der Waals surface area contributed by atoms with Crippen molar-refractivity contribution in [1.29, 1.82) is 0 Å². The number of rotatable bonds is 6. The Kier molecular flexibility index (Phi) is 6.59. The molecule has 1 saturated carbocycles. The number of halogens is 3. The Bertz CT molecular complexity index is 620. The minimum absolute atomic E-state index is 0.0490. The molecule has 8 heteroatoms. The molecule has 0 atom stereocenters. The van der Waals surface area contributed by atoms with E-state index < -0.39 is 12.0 Å². The van der Waals surface area contributed by atoms with E-state index in [0.29, 0.717) is 17.2 Å². The maximum Gasteiger partial charge on any atom is 0.456 e. The number of carbonyl (C=O) groups is 2. The van der Waals surface area contributed by atoms with Gasteiger partial charge in [0.15, 0.2) is 0 Å². The number of carbonyl (C=O) groups excluding carboxylic acids is 2. The Labute approximate surface area is 149 Å². The van der Waals surface area contributed by atoms with Gasteiger partial charge in [0.1, 0.15) is 0 Å². The first-order valence-corrected chi connectivity index (χ1v) is 9.46. The Balaban J connectivity index is 1.78. The van der Waals surface area contributed by atoms with E-state index in [-0.39, 0.29) is 23.4 Å². The van der Waals surface area contributed by atoms with Gasteiger partial charge in [-0.15, -0.1) is 11.8 Å². The average molecular weight is 376 g/mol. The number of amides is 1. The molecule has 1 aromatic heterocycles. The van der Waals surface area contributed by atoms with E-state index in [1.54, 1.807) is 0 Å². The molecule has 0 aromatic carbocycles. The number of aromatic nitrogens is 1. The van der Waals surface area contributed by atoms with Crippen molar-refractivity contribution in [2.24, 2.45) is 13.0 Å². The summed E-state index contributed by atoms with van der Waals surface area (Å²) in [5.74, 6) is -0.547. The molecule has 1 aliphatic carbocycles. The van der Waals surface area contributed by atoms with E-state index in [4.69, 9.17) is 0 Å². The lowest BCUT2D eigenvalue weighted by Crippen LogP contribution is -2.38. The van der Waals surface area contributed by atoms with E-state index in [2.05, 4.69) is 12.2 Å². The molecule has 1 fully saturated rings. The molecular formula is C17H23F3N2O2S. The Morgan fingerprint density at radius 3 is 2.52 bits per heavy atom. The summed E-state index contributed by atoms with van der Waals surface area (Å²) < 4.78 is 38.7. The molecule has 4 nitrogen and oxygen atoms in total. The highest BCUT2D eigenvalue weighted by atomic mass is 32.2. The molecule has 0 saturated heterocycles. The van der Waals surface area contributed by atoms with Crippen LogP contribution in [0.2, 0.25) is 0 Å². The molecule has 0 aliphatic heterocycles. The summed E-state index contributed by atoms with van der Waals surface area (Å²) in [5, 5.41) is 3.01. The summed E-state index contributed by atoms with van der Waals surface area (Å²) in [6, 6.07) is 1.47. The number of hydrogen-bond acceptors (Lipinski definition) is 3. The SMILES string of the molecule is CC1CCC(NC(=O)CSCc2cc(C(=O)C(F)(F)F)n(C)c2)CC1. The maximum absolute atomic E-state index is 12.5. The molecule has 1 N–H and O–H groups in total. The Hall–Kier alpha value is -1.44. The predicted octanol–water partition coefficient (Wildman–Crippen LogP) is 3.70. The molecule has 140 valence electrons. The van der Waals surface area contributed by atoms with Gasteiger partial charge in [-0.05, 0) is 43.2 Å². The molecule has 1 aliphatic rings. The van der Waals surface area contributed by atoms with Crippen molar-refractivity contribution in [2.75, 3.05) is 5.75 Å². The van der Waals surface area contributed by atoms with Crippen LogP contribution >= 0.6 is 11.8 Å². The second kappa shape index (κ2) is 8.29. The van der Waals surface area contributed by atoms with E-state index in [9.17, 15) is 22.8 Å². The Morgan fingerprint density at radius 2 is 1.92 bits per heavy atom. The highest BCUT2D eigenvalue weighted by molar-refractivity contribution is 7.99. The number of alkyl halides is 3. The lowest BCUT2D eigenvalue weighted by Gasteiger charge is -2.26. The van der Waals surface area contributed by atoms with Crippen molar-refractivity contribution in [3.05, 3.63) is 23.5 Å². The van der Waals surface area contributed by atoms with E-state index in [1.165, 1.54) is 35.6 Å². The van der Waals surface area contributed by atoms with Gasteiger partial charge in [0, 0.05) is 25.0 Å². The summed E-state index contributed by atoms with van der Waals surface area (Å²) >= 11 is 1.33. The van der Waals surface area contributed by atoms with Crippen LogP contribution in [0.25, 0.3) is 0 Å². The zero-order chi connectivity index (χ0) is 18.6. The quantitative estimate of drug-likeness (QED) is 0.771. The third-order valence-corrected chi connectivity index (χ3v) is 5.44. The van der Waals surface area contributed by atoms with E-state index in [0.717, 1.165) is 25.7 Å². The number of nitrogens with zero attached hydrogens (tertiary/aromatic N) is 1. The van der Waals surface area contributed by atoms with Crippen LogP contribution in [0.1, 0.15) is 48.7 Å². The van der Waals surface area contributed by atoms with Gasteiger partial charge in [-0.1, -0.05) is 6.92 Å². The van der Waals surface area contributed by atoms with Gasteiger partial charge < -0.3 is 9.88 Å². The standard InChI is InChI=1S/C17H23F3N2O2S/c1-11-3-5-13(6-4-11)21-15(23)10-25-9-12-7-14(22(2)8-12)16(24)17(18,19)20/h7-8,11,13H,3-6,9-10H2,1-2H3,(H,21,23). The number of thioether (sulfide) groups is 1. The van der Waals surface area contributed by atoms with Gasteiger partial charge in [-0.25, -0.2) is 0 Å². The first kappa shape index (κ1) is 19.9. The number of hydrogen-bond donors (Lipinski definition) is 1. The molecule has 1 heterocycles. The number of nitrogens with one attached hydrogen (secondary N) is 1. The summed E-state index contributed by atoms with van der Waals surface area (Å²) in [6.07, 6.45) is 0.856. The first-order valence-electron chi connectivity index (χ1n) is 8.30. The molecule has 0 unspecified atom stereocenters. The fourth-order valence-corrected chi connectivity index (χ4v) is 3.78. The summed E-state index contributed by atoms with van der Waals surface area (Å²) in [7, 11) is 1.41. The van der Waals surface area contributed by atoms with Crippen molar-refractivity contribution in [3.8, 4) is 0 Å². The summed E-state index contributed by atoms with van der Waals surface area (Å²) in [6.45, 7) is 2.21. The van der Waals surface area contributed by atoms with Gasteiger partial charge in [0.25, 0.3) is 5.78 Å². The maximum atomic E-state index is 12.5. The molecule has 2 rings (SSSR count). The van der Waals surface area contributed by atoms with Crippen molar-refractivity contribution in [2.45, 2.75) is 50.6 Å². The second-order valence-electron chi connectivity index (χ2n) is 6.69. The van der Waals surface area contributed by atoms with Crippen LogP contribution in [0.15, 0.2) is 12.3 Å². The van der Waals surface area contributed by atoms with Crippen LogP contribution in [0.5, 0.6) is 0 Å². The van der Waals surface area contributed by atoms with Crippen molar-refractivity contribution in [1.82, 2.24) is 9.88 Å². The normalized spacial score (nSPS) is 21.2. The molecule has 25 heavy (non-hydrogen) atoms. The van der Waals surface area contributed by atoms with Crippen LogP contribution in [0.4, 0.5) is 13.2 Å². The molecule has 1 aromatic rings. The Morgan fingerprint density at radius 1 is 1.28 bits per heavy atom. The van der Waals surface area contributed by atoms with Crippen LogP contribution in [-0.4, -0.2) is 34.2 Å². The largest absolute Gasteiger partial charge is 0.456 e. The van der Waals surface area contributed by atoms with E-state index >= 15 is 0 Å². The van der Waals surface area contributed by atoms with Gasteiger partial charge >= 0.3 is 6.18 Å². The van der Waals surface area contributed by atoms with Crippen molar-refractivity contribution in [3.63, 3.8) is 0 Å². The fraction of sp³-hybridized carbons (Fsp3) is 0.647. The lowest BCUT2D eigenvalue weighted by molar-refractivity contribution is -0.119. The van der Waals surface area contributed by atoms with Crippen molar-refractivity contribution >= 4 is 23.5 Å². The topological polar surface area (TPSA) is 51.1 Å². The highest BCUT2D eigenvalue weighted by Gasteiger charge is 2.40. The first-order chi connectivity index (χ1) is 11.7. The van der Waals surface area contributed by atoms with Crippen LogP contribution in [-0.2, 0) is 17.6 Å². The second-order valence-corrected chi connectivity index (χ2v) is 7.67. The summed E-state index contributed by atoms with van der Waals surface area (Å²) in [5.41, 5.74) is 0.211. The monoisotopic (exact) mass is 376 g/mol.